The molecule has 0 spiro atoms. The molecule has 1 aromatic rings. The lowest BCUT2D eigenvalue weighted by Crippen LogP contribution is -2.31. The van der Waals surface area contributed by atoms with Crippen LogP contribution in [0.4, 0.5) is 0 Å². The number of amides is 1. The van der Waals surface area contributed by atoms with E-state index in [1.165, 1.54) is 12.8 Å². The molecule has 1 amide bonds. The van der Waals surface area contributed by atoms with Crippen LogP contribution in [0, 0.1) is 0 Å². The first-order valence-corrected chi connectivity index (χ1v) is 6.32. The van der Waals surface area contributed by atoms with E-state index in [9.17, 15) is 4.79 Å². The summed E-state index contributed by atoms with van der Waals surface area (Å²) >= 11 is 0. The molecule has 2 rings (SSSR count). The van der Waals surface area contributed by atoms with Crippen molar-refractivity contribution >= 4 is 5.91 Å². The normalized spacial score (nSPS) is 19.4. The standard InChI is InChI=1S/C12H20N4O/c17-12(5-10-16-9-2-7-15-16)14-8-4-11-3-1-6-13-11/h2,7,9,11,13H,1,3-6,8,10H2,(H,14,17)/t11-/m1/s1. The van der Waals surface area contributed by atoms with E-state index < -0.39 is 0 Å². The third kappa shape index (κ3) is 4.19. The molecule has 0 bridgehead atoms. The van der Waals surface area contributed by atoms with Crippen molar-refractivity contribution in [2.75, 3.05) is 13.1 Å². The molecule has 5 heteroatoms. The monoisotopic (exact) mass is 236 g/mol. The second-order valence-electron chi connectivity index (χ2n) is 4.45. The van der Waals surface area contributed by atoms with Crippen molar-refractivity contribution in [1.29, 1.82) is 0 Å². The first-order valence-electron chi connectivity index (χ1n) is 6.32. The highest BCUT2D eigenvalue weighted by Gasteiger charge is 2.13. The van der Waals surface area contributed by atoms with Gasteiger partial charge in [0.1, 0.15) is 0 Å². The molecule has 1 atom stereocenters. The first kappa shape index (κ1) is 12.1. The van der Waals surface area contributed by atoms with E-state index in [1.807, 2.05) is 12.3 Å². The molecular formula is C12H20N4O. The van der Waals surface area contributed by atoms with Gasteiger partial charge in [-0.3, -0.25) is 9.48 Å². The smallest absolute Gasteiger partial charge is 0.221 e. The molecule has 0 aliphatic carbocycles. The Morgan fingerprint density at radius 3 is 3.24 bits per heavy atom. The van der Waals surface area contributed by atoms with E-state index in [0.717, 1.165) is 19.5 Å². The number of aryl methyl sites for hydroxylation is 1. The predicted octanol–water partition coefficient (Wildman–Crippen LogP) is 0.531. The molecule has 1 aliphatic heterocycles. The Morgan fingerprint density at radius 1 is 1.59 bits per heavy atom. The Bertz CT molecular complexity index is 330. The van der Waals surface area contributed by atoms with Crippen LogP contribution in [-0.4, -0.2) is 34.8 Å². The molecule has 5 nitrogen and oxygen atoms in total. The van der Waals surface area contributed by atoms with Crippen LogP contribution in [0.5, 0.6) is 0 Å². The van der Waals surface area contributed by atoms with E-state index in [-0.39, 0.29) is 5.91 Å². The van der Waals surface area contributed by atoms with Gasteiger partial charge in [-0.1, -0.05) is 0 Å². The molecule has 1 fully saturated rings. The number of nitrogens with one attached hydrogen (secondary N) is 2. The van der Waals surface area contributed by atoms with E-state index in [4.69, 9.17) is 0 Å². The third-order valence-corrected chi connectivity index (χ3v) is 3.10. The largest absolute Gasteiger partial charge is 0.356 e. The van der Waals surface area contributed by atoms with Crippen molar-refractivity contribution in [3.63, 3.8) is 0 Å². The lowest BCUT2D eigenvalue weighted by Gasteiger charge is -2.10. The van der Waals surface area contributed by atoms with E-state index >= 15 is 0 Å². The lowest BCUT2D eigenvalue weighted by molar-refractivity contribution is -0.121. The maximum absolute atomic E-state index is 11.5. The van der Waals surface area contributed by atoms with Crippen LogP contribution < -0.4 is 10.6 Å². The van der Waals surface area contributed by atoms with Crippen molar-refractivity contribution in [1.82, 2.24) is 20.4 Å². The maximum atomic E-state index is 11.5. The van der Waals surface area contributed by atoms with Gasteiger partial charge in [-0.05, 0) is 31.9 Å². The minimum Gasteiger partial charge on any atom is -0.356 e. The fraction of sp³-hybridized carbons (Fsp3) is 0.667. The van der Waals surface area contributed by atoms with Crippen LogP contribution in [0.3, 0.4) is 0 Å². The summed E-state index contributed by atoms with van der Waals surface area (Å²) in [5, 5.41) is 10.4. The van der Waals surface area contributed by atoms with Gasteiger partial charge in [-0.2, -0.15) is 5.10 Å². The fourth-order valence-corrected chi connectivity index (χ4v) is 2.13. The molecule has 1 saturated heterocycles. The van der Waals surface area contributed by atoms with Gasteiger partial charge in [0, 0.05) is 37.9 Å². The van der Waals surface area contributed by atoms with Crippen molar-refractivity contribution in [2.45, 2.75) is 38.3 Å². The minimum atomic E-state index is 0.110. The number of rotatable bonds is 6. The summed E-state index contributed by atoms with van der Waals surface area (Å²) in [5.74, 6) is 0.110. The molecule has 1 aliphatic rings. The molecule has 0 radical (unpaired) electrons. The van der Waals surface area contributed by atoms with E-state index in [1.54, 1.807) is 10.9 Å². The number of carbonyl (C=O) groups excluding carboxylic acids is 1. The summed E-state index contributed by atoms with van der Waals surface area (Å²) in [6.45, 7) is 2.55. The average Bonchev–Trinajstić information content (AvgIpc) is 2.99. The highest BCUT2D eigenvalue weighted by atomic mass is 16.1. The van der Waals surface area contributed by atoms with Crippen molar-refractivity contribution in [2.24, 2.45) is 0 Å². The number of aromatic nitrogens is 2. The van der Waals surface area contributed by atoms with Crippen LogP contribution >= 0.6 is 0 Å². The summed E-state index contributed by atoms with van der Waals surface area (Å²) in [6.07, 6.45) is 7.63. The molecule has 0 saturated carbocycles. The van der Waals surface area contributed by atoms with Gasteiger partial charge in [0.15, 0.2) is 0 Å². The second-order valence-corrected chi connectivity index (χ2v) is 4.45. The second kappa shape index (κ2) is 6.39. The minimum absolute atomic E-state index is 0.110. The van der Waals surface area contributed by atoms with Crippen LogP contribution in [0.25, 0.3) is 0 Å². The van der Waals surface area contributed by atoms with Gasteiger partial charge in [0.25, 0.3) is 0 Å². The molecule has 94 valence electrons. The van der Waals surface area contributed by atoms with Crippen molar-refractivity contribution in [3.8, 4) is 0 Å². The first-order chi connectivity index (χ1) is 8.34. The van der Waals surface area contributed by atoms with Crippen LogP contribution in [-0.2, 0) is 11.3 Å². The summed E-state index contributed by atoms with van der Waals surface area (Å²) < 4.78 is 1.78. The van der Waals surface area contributed by atoms with E-state index in [2.05, 4.69) is 15.7 Å². The Kier molecular flexibility index (Phi) is 4.55. The number of carbonyl (C=O) groups is 1. The summed E-state index contributed by atoms with van der Waals surface area (Å²) in [4.78, 5) is 11.5. The van der Waals surface area contributed by atoms with Gasteiger partial charge in [0.05, 0.1) is 0 Å². The van der Waals surface area contributed by atoms with Crippen molar-refractivity contribution in [3.05, 3.63) is 18.5 Å². The third-order valence-electron chi connectivity index (χ3n) is 3.10. The molecule has 0 unspecified atom stereocenters. The van der Waals surface area contributed by atoms with Crippen LogP contribution in [0.15, 0.2) is 18.5 Å². The average molecular weight is 236 g/mol. The molecule has 2 N–H and O–H groups in total. The van der Waals surface area contributed by atoms with Gasteiger partial charge in [-0.25, -0.2) is 0 Å². The zero-order valence-corrected chi connectivity index (χ0v) is 10.1. The number of hydrogen-bond acceptors (Lipinski definition) is 3. The highest BCUT2D eigenvalue weighted by Crippen LogP contribution is 2.07. The zero-order chi connectivity index (χ0) is 11.9. The fourth-order valence-electron chi connectivity index (χ4n) is 2.13. The Morgan fingerprint density at radius 2 is 2.53 bits per heavy atom. The van der Waals surface area contributed by atoms with Crippen LogP contribution in [0.1, 0.15) is 25.7 Å². The van der Waals surface area contributed by atoms with Crippen molar-refractivity contribution < 1.29 is 4.79 Å². The van der Waals surface area contributed by atoms with Gasteiger partial charge in [-0.15, -0.1) is 0 Å². The van der Waals surface area contributed by atoms with Gasteiger partial charge in [0.2, 0.25) is 5.91 Å². The van der Waals surface area contributed by atoms with E-state index in [0.29, 0.717) is 19.0 Å². The Labute approximate surface area is 102 Å². The zero-order valence-electron chi connectivity index (χ0n) is 10.1. The summed E-state index contributed by atoms with van der Waals surface area (Å²) in [5.41, 5.74) is 0. The van der Waals surface area contributed by atoms with Gasteiger partial charge >= 0.3 is 0 Å². The molecule has 0 aromatic carbocycles. The molecule has 1 aromatic heterocycles. The topological polar surface area (TPSA) is 59.0 Å². The molecule has 2 heterocycles. The maximum Gasteiger partial charge on any atom is 0.221 e. The summed E-state index contributed by atoms with van der Waals surface area (Å²) in [6, 6.07) is 2.46. The SMILES string of the molecule is O=C(CCn1cccn1)NCC[C@H]1CCCN1. The number of hydrogen-bond donors (Lipinski definition) is 2. The predicted molar refractivity (Wildman–Crippen MR) is 65.5 cm³/mol. The van der Waals surface area contributed by atoms with Crippen LogP contribution in [0.2, 0.25) is 0 Å². The summed E-state index contributed by atoms with van der Waals surface area (Å²) in [7, 11) is 0. The van der Waals surface area contributed by atoms with Gasteiger partial charge < -0.3 is 10.6 Å². The Hall–Kier alpha value is -1.36. The highest BCUT2D eigenvalue weighted by molar-refractivity contribution is 5.75. The molecular weight excluding hydrogens is 216 g/mol. The number of nitrogens with zero attached hydrogens (tertiary/aromatic N) is 2. The Balaban J connectivity index is 1.54. The molecule has 17 heavy (non-hydrogen) atoms. The lowest BCUT2D eigenvalue weighted by atomic mass is 10.1. The quantitative estimate of drug-likeness (QED) is 0.757.